The summed E-state index contributed by atoms with van der Waals surface area (Å²) in [6.45, 7) is 3.55. The maximum absolute atomic E-state index is 5.82. The van der Waals surface area contributed by atoms with E-state index in [1.54, 1.807) is 6.07 Å². The van der Waals surface area contributed by atoms with E-state index in [0.717, 1.165) is 32.0 Å². The Bertz CT molecular complexity index is 309. The number of hydrogen-bond donors (Lipinski definition) is 1. The molecule has 5 heteroatoms. The summed E-state index contributed by atoms with van der Waals surface area (Å²) >= 11 is 5.82. The van der Waals surface area contributed by atoms with Gasteiger partial charge in [0.2, 0.25) is 0 Å². The van der Waals surface area contributed by atoms with E-state index in [4.69, 9.17) is 17.4 Å². The van der Waals surface area contributed by atoms with Crippen LogP contribution in [0.4, 0.5) is 5.82 Å². The van der Waals surface area contributed by atoms with Crippen molar-refractivity contribution in [1.29, 1.82) is 0 Å². The zero-order chi connectivity index (χ0) is 9.97. The summed E-state index contributed by atoms with van der Waals surface area (Å²) < 4.78 is 0. The summed E-state index contributed by atoms with van der Waals surface area (Å²) in [6, 6.07) is 5.67. The molecule has 1 aromatic heterocycles. The molecular formula is C9H13ClN4. The molecule has 1 aliphatic rings. The van der Waals surface area contributed by atoms with Gasteiger partial charge in [-0.3, -0.25) is 5.84 Å². The lowest BCUT2D eigenvalue weighted by atomic mass is 10.3. The first-order valence-electron chi connectivity index (χ1n) is 4.63. The molecule has 1 aromatic rings. The van der Waals surface area contributed by atoms with Gasteiger partial charge in [0.15, 0.2) is 0 Å². The summed E-state index contributed by atoms with van der Waals surface area (Å²) in [5.74, 6) is 6.60. The summed E-state index contributed by atoms with van der Waals surface area (Å²) in [4.78, 5) is 6.44. The highest BCUT2D eigenvalue weighted by Crippen LogP contribution is 2.15. The molecule has 0 saturated carbocycles. The Hall–Kier alpha value is -0.840. The van der Waals surface area contributed by atoms with Crippen LogP contribution in [0.25, 0.3) is 0 Å². The van der Waals surface area contributed by atoms with Crippen LogP contribution in [-0.4, -0.2) is 36.2 Å². The Kier molecular flexibility index (Phi) is 2.86. The highest BCUT2D eigenvalue weighted by Gasteiger charge is 2.15. The van der Waals surface area contributed by atoms with Gasteiger partial charge in [-0.1, -0.05) is 17.7 Å². The maximum atomic E-state index is 5.82. The van der Waals surface area contributed by atoms with E-state index < -0.39 is 0 Å². The highest BCUT2D eigenvalue weighted by molar-refractivity contribution is 6.29. The van der Waals surface area contributed by atoms with Crippen molar-refractivity contribution in [2.24, 2.45) is 5.84 Å². The van der Waals surface area contributed by atoms with Crippen molar-refractivity contribution in [1.82, 2.24) is 9.99 Å². The number of anilines is 1. The van der Waals surface area contributed by atoms with Crippen LogP contribution in [0.2, 0.25) is 5.15 Å². The average Bonchev–Trinajstić information content (AvgIpc) is 2.19. The quantitative estimate of drug-likeness (QED) is 0.551. The first kappa shape index (κ1) is 9.71. The second kappa shape index (κ2) is 4.13. The van der Waals surface area contributed by atoms with E-state index in [-0.39, 0.29) is 0 Å². The first-order chi connectivity index (χ1) is 6.75. The van der Waals surface area contributed by atoms with Crippen LogP contribution >= 0.6 is 11.6 Å². The molecule has 0 radical (unpaired) electrons. The summed E-state index contributed by atoms with van der Waals surface area (Å²) in [5, 5.41) is 2.36. The first-order valence-corrected chi connectivity index (χ1v) is 5.00. The second-order valence-corrected chi connectivity index (χ2v) is 3.73. The third kappa shape index (κ3) is 2.15. The van der Waals surface area contributed by atoms with Crippen molar-refractivity contribution in [3.8, 4) is 0 Å². The Morgan fingerprint density at radius 3 is 2.57 bits per heavy atom. The van der Waals surface area contributed by atoms with E-state index in [1.807, 2.05) is 17.1 Å². The molecule has 2 N–H and O–H groups in total. The molecule has 0 aromatic carbocycles. The fraction of sp³-hybridized carbons (Fsp3) is 0.444. The number of piperazine rings is 1. The molecule has 1 fully saturated rings. The summed E-state index contributed by atoms with van der Waals surface area (Å²) in [5.41, 5.74) is 0. The number of rotatable bonds is 1. The van der Waals surface area contributed by atoms with E-state index in [1.165, 1.54) is 0 Å². The Labute approximate surface area is 88.2 Å². The number of hydrogen-bond acceptors (Lipinski definition) is 4. The minimum Gasteiger partial charge on any atom is -0.354 e. The molecular weight excluding hydrogens is 200 g/mol. The molecule has 1 saturated heterocycles. The van der Waals surface area contributed by atoms with Crippen molar-refractivity contribution in [2.45, 2.75) is 0 Å². The fourth-order valence-electron chi connectivity index (χ4n) is 1.52. The van der Waals surface area contributed by atoms with Gasteiger partial charge in [0.05, 0.1) is 0 Å². The third-order valence-corrected chi connectivity index (χ3v) is 2.55. The SMILES string of the molecule is NN1CCN(c2cccc(Cl)n2)CC1. The van der Waals surface area contributed by atoms with Crippen LogP contribution in [0.1, 0.15) is 0 Å². The lowest BCUT2D eigenvalue weighted by Gasteiger charge is -2.32. The minimum absolute atomic E-state index is 0.540. The minimum atomic E-state index is 0.540. The number of nitrogens with two attached hydrogens (primary N) is 1. The van der Waals surface area contributed by atoms with Crippen LogP contribution in [0, 0.1) is 0 Å². The monoisotopic (exact) mass is 212 g/mol. The van der Waals surface area contributed by atoms with Crippen molar-refractivity contribution >= 4 is 17.4 Å². The van der Waals surface area contributed by atoms with Crippen LogP contribution in [-0.2, 0) is 0 Å². The smallest absolute Gasteiger partial charge is 0.131 e. The van der Waals surface area contributed by atoms with Gasteiger partial charge in [0.25, 0.3) is 0 Å². The lowest BCUT2D eigenvalue weighted by Crippen LogP contribution is -2.49. The number of nitrogens with zero attached hydrogens (tertiary/aromatic N) is 3. The molecule has 1 aliphatic heterocycles. The van der Waals surface area contributed by atoms with Crippen LogP contribution in [0.3, 0.4) is 0 Å². The van der Waals surface area contributed by atoms with Gasteiger partial charge < -0.3 is 4.90 Å². The van der Waals surface area contributed by atoms with Gasteiger partial charge in [0, 0.05) is 26.2 Å². The average molecular weight is 213 g/mol. The van der Waals surface area contributed by atoms with Crippen LogP contribution in [0.15, 0.2) is 18.2 Å². The molecule has 0 amide bonds. The van der Waals surface area contributed by atoms with Crippen LogP contribution in [0.5, 0.6) is 0 Å². The predicted octanol–water partition coefficient (Wildman–Crippen LogP) is 0.731. The number of pyridine rings is 1. The fourth-order valence-corrected chi connectivity index (χ4v) is 1.68. The Morgan fingerprint density at radius 1 is 1.21 bits per heavy atom. The van der Waals surface area contributed by atoms with Gasteiger partial charge in [0.1, 0.15) is 11.0 Å². The molecule has 0 unspecified atom stereocenters. The van der Waals surface area contributed by atoms with Crippen molar-refractivity contribution in [3.05, 3.63) is 23.4 Å². The van der Waals surface area contributed by atoms with E-state index in [0.29, 0.717) is 5.15 Å². The van der Waals surface area contributed by atoms with Gasteiger partial charge in [-0.25, -0.2) is 9.99 Å². The molecule has 4 nitrogen and oxygen atoms in total. The molecule has 0 aliphatic carbocycles. The molecule has 2 heterocycles. The van der Waals surface area contributed by atoms with Crippen molar-refractivity contribution < 1.29 is 0 Å². The number of aromatic nitrogens is 1. The van der Waals surface area contributed by atoms with Crippen molar-refractivity contribution in [2.75, 3.05) is 31.1 Å². The topological polar surface area (TPSA) is 45.4 Å². The number of halogens is 1. The summed E-state index contributed by atoms with van der Waals surface area (Å²) in [6.07, 6.45) is 0. The zero-order valence-corrected chi connectivity index (χ0v) is 8.61. The van der Waals surface area contributed by atoms with E-state index in [9.17, 15) is 0 Å². The van der Waals surface area contributed by atoms with Crippen molar-refractivity contribution in [3.63, 3.8) is 0 Å². The summed E-state index contributed by atoms with van der Waals surface area (Å²) in [7, 11) is 0. The standard InChI is InChI=1S/C9H13ClN4/c10-8-2-1-3-9(12-8)13-4-6-14(11)7-5-13/h1-3H,4-7,11H2. The van der Waals surface area contributed by atoms with Gasteiger partial charge in [-0.05, 0) is 12.1 Å². The van der Waals surface area contributed by atoms with Crippen LogP contribution < -0.4 is 10.7 Å². The molecule has 2 rings (SSSR count). The Balaban J connectivity index is 2.08. The molecule has 0 spiro atoms. The van der Waals surface area contributed by atoms with E-state index >= 15 is 0 Å². The third-order valence-electron chi connectivity index (χ3n) is 2.34. The number of hydrazine groups is 1. The maximum Gasteiger partial charge on any atom is 0.131 e. The van der Waals surface area contributed by atoms with Gasteiger partial charge in [-0.2, -0.15) is 0 Å². The van der Waals surface area contributed by atoms with E-state index in [2.05, 4.69) is 9.88 Å². The molecule has 14 heavy (non-hydrogen) atoms. The highest BCUT2D eigenvalue weighted by atomic mass is 35.5. The second-order valence-electron chi connectivity index (χ2n) is 3.34. The molecule has 76 valence electrons. The Morgan fingerprint density at radius 2 is 1.93 bits per heavy atom. The normalized spacial score (nSPS) is 18.6. The van der Waals surface area contributed by atoms with Gasteiger partial charge >= 0.3 is 0 Å². The molecule has 0 atom stereocenters. The zero-order valence-electron chi connectivity index (χ0n) is 7.86. The van der Waals surface area contributed by atoms with Gasteiger partial charge in [-0.15, -0.1) is 0 Å². The largest absolute Gasteiger partial charge is 0.354 e. The molecule has 0 bridgehead atoms. The lowest BCUT2D eigenvalue weighted by molar-refractivity contribution is 0.265. The predicted molar refractivity (Wildman–Crippen MR) is 57.2 cm³/mol.